The largest absolute Gasteiger partial charge is 0.299 e. The van der Waals surface area contributed by atoms with Gasteiger partial charge in [-0.25, -0.2) is 12.7 Å². The number of ketones is 1. The van der Waals surface area contributed by atoms with Gasteiger partial charge in [0, 0.05) is 25.4 Å². The molecule has 0 aromatic rings. The third-order valence-corrected chi connectivity index (χ3v) is 7.05. The Bertz CT molecular complexity index is 493. The fourth-order valence-corrected chi connectivity index (χ4v) is 4.84. The zero-order valence-corrected chi connectivity index (χ0v) is 14.1. The van der Waals surface area contributed by atoms with Gasteiger partial charge >= 0.3 is 0 Å². The summed E-state index contributed by atoms with van der Waals surface area (Å²) < 4.78 is 24.7. The van der Waals surface area contributed by atoms with Gasteiger partial charge in [0.05, 0.1) is 6.26 Å². The molecule has 2 rings (SSSR count). The summed E-state index contributed by atoms with van der Waals surface area (Å²) in [5, 5.41) is 0. The molecule has 20 heavy (non-hydrogen) atoms. The van der Waals surface area contributed by atoms with Crippen LogP contribution in [0.2, 0.25) is 0 Å². The quantitative estimate of drug-likeness (QED) is 0.800. The van der Waals surface area contributed by atoms with Crippen LogP contribution < -0.4 is 0 Å². The zero-order valence-electron chi connectivity index (χ0n) is 13.3. The average molecular weight is 301 g/mol. The van der Waals surface area contributed by atoms with E-state index in [9.17, 15) is 13.2 Å². The van der Waals surface area contributed by atoms with E-state index in [4.69, 9.17) is 0 Å². The van der Waals surface area contributed by atoms with Crippen LogP contribution in [0.3, 0.4) is 0 Å². The second-order valence-corrected chi connectivity index (χ2v) is 9.66. The van der Waals surface area contributed by atoms with Crippen molar-refractivity contribution in [2.75, 3.05) is 19.3 Å². The van der Waals surface area contributed by atoms with Crippen molar-refractivity contribution in [3.8, 4) is 0 Å². The first-order valence-electron chi connectivity index (χ1n) is 7.46. The maximum atomic E-state index is 12.5. The van der Waals surface area contributed by atoms with Gasteiger partial charge in [0.15, 0.2) is 0 Å². The smallest absolute Gasteiger partial charge is 0.211 e. The summed E-state index contributed by atoms with van der Waals surface area (Å²) in [6.45, 7) is 9.72. The van der Waals surface area contributed by atoms with Crippen molar-refractivity contribution in [2.24, 2.45) is 22.7 Å². The molecule has 1 saturated carbocycles. The van der Waals surface area contributed by atoms with Gasteiger partial charge in [0.1, 0.15) is 5.78 Å². The van der Waals surface area contributed by atoms with E-state index in [2.05, 4.69) is 27.7 Å². The van der Waals surface area contributed by atoms with Crippen LogP contribution in [0.15, 0.2) is 0 Å². The van der Waals surface area contributed by atoms with Crippen LogP contribution in [0.1, 0.15) is 47.0 Å². The molecular formula is C15H27NO3S. The molecule has 4 nitrogen and oxygen atoms in total. The molecule has 1 heterocycles. The van der Waals surface area contributed by atoms with E-state index in [1.54, 1.807) is 0 Å². The van der Waals surface area contributed by atoms with E-state index >= 15 is 0 Å². The summed E-state index contributed by atoms with van der Waals surface area (Å²) in [4.78, 5) is 12.5. The topological polar surface area (TPSA) is 54.5 Å². The summed E-state index contributed by atoms with van der Waals surface area (Å²) >= 11 is 0. The Morgan fingerprint density at radius 1 is 1.20 bits per heavy atom. The van der Waals surface area contributed by atoms with Crippen molar-refractivity contribution in [3.05, 3.63) is 0 Å². The first-order chi connectivity index (χ1) is 8.98. The zero-order chi connectivity index (χ0) is 15.3. The Balaban J connectivity index is 1.96. The van der Waals surface area contributed by atoms with E-state index in [0.29, 0.717) is 25.3 Å². The molecule has 1 saturated heterocycles. The predicted molar refractivity (Wildman–Crippen MR) is 79.8 cm³/mol. The highest BCUT2D eigenvalue weighted by Gasteiger charge is 2.67. The van der Waals surface area contributed by atoms with Crippen LogP contribution in [0.25, 0.3) is 0 Å². The van der Waals surface area contributed by atoms with Crippen molar-refractivity contribution in [1.29, 1.82) is 0 Å². The summed E-state index contributed by atoms with van der Waals surface area (Å²) in [6, 6.07) is 0. The van der Waals surface area contributed by atoms with Crippen LogP contribution in [-0.4, -0.2) is 37.9 Å². The van der Waals surface area contributed by atoms with Crippen molar-refractivity contribution in [3.63, 3.8) is 0 Å². The van der Waals surface area contributed by atoms with Gasteiger partial charge in [-0.1, -0.05) is 27.7 Å². The van der Waals surface area contributed by atoms with Gasteiger partial charge in [0.25, 0.3) is 0 Å². The highest BCUT2D eigenvalue weighted by Crippen LogP contribution is 2.69. The lowest BCUT2D eigenvalue weighted by Gasteiger charge is -2.30. The third kappa shape index (κ3) is 2.67. The molecule has 0 aromatic heterocycles. The molecule has 1 aliphatic heterocycles. The Morgan fingerprint density at radius 3 is 2.20 bits per heavy atom. The maximum absolute atomic E-state index is 12.5. The monoisotopic (exact) mass is 301 g/mol. The van der Waals surface area contributed by atoms with E-state index in [1.807, 2.05) is 0 Å². The van der Waals surface area contributed by atoms with E-state index in [0.717, 1.165) is 12.8 Å². The molecule has 0 radical (unpaired) electrons. The minimum absolute atomic E-state index is 0.0786. The maximum Gasteiger partial charge on any atom is 0.211 e. The van der Waals surface area contributed by atoms with Crippen LogP contribution in [0.5, 0.6) is 0 Å². The van der Waals surface area contributed by atoms with E-state index in [-0.39, 0.29) is 22.7 Å². The summed E-state index contributed by atoms with van der Waals surface area (Å²) in [6.07, 6.45) is 3.61. The molecule has 2 aliphatic rings. The number of nitrogens with zero attached hydrogens (tertiary/aromatic N) is 1. The number of carbonyl (C=O) groups excluding carboxylic acids is 1. The lowest BCUT2D eigenvalue weighted by Crippen LogP contribution is -2.40. The number of carbonyl (C=O) groups is 1. The van der Waals surface area contributed by atoms with Crippen molar-refractivity contribution < 1.29 is 13.2 Å². The van der Waals surface area contributed by atoms with Gasteiger partial charge < -0.3 is 0 Å². The Kier molecular flexibility index (Phi) is 3.83. The SMILES string of the molecule is CC1(C)C(C(=O)CC2CCCN(S(C)(=O)=O)C2)C1(C)C. The van der Waals surface area contributed by atoms with Crippen LogP contribution >= 0.6 is 0 Å². The van der Waals surface area contributed by atoms with E-state index < -0.39 is 10.0 Å². The molecule has 1 aliphatic carbocycles. The lowest BCUT2D eigenvalue weighted by molar-refractivity contribution is -0.122. The molecule has 0 aromatic carbocycles. The van der Waals surface area contributed by atoms with Crippen LogP contribution in [0.4, 0.5) is 0 Å². The van der Waals surface area contributed by atoms with Crippen molar-refractivity contribution in [2.45, 2.75) is 47.0 Å². The molecular weight excluding hydrogens is 274 g/mol. The molecule has 116 valence electrons. The number of Topliss-reactive ketones (excluding diaryl/α,β-unsaturated/α-hetero) is 1. The first-order valence-corrected chi connectivity index (χ1v) is 9.30. The van der Waals surface area contributed by atoms with Gasteiger partial charge in [-0.15, -0.1) is 0 Å². The fourth-order valence-electron chi connectivity index (χ4n) is 3.90. The average Bonchev–Trinajstić information content (AvgIpc) is 2.68. The Morgan fingerprint density at radius 2 is 1.75 bits per heavy atom. The second kappa shape index (κ2) is 4.80. The Hall–Kier alpha value is -0.420. The summed E-state index contributed by atoms with van der Waals surface area (Å²) in [7, 11) is -3.12. The predicted octanol–water partition coefficient (Wildman–Crippen LogP) is 2.30. The standard InChI is InChI=1S/C15H27NO3S/c1-14(2)13(15(14,3)4)12(17)9-11-7-6-8-16(10-11)20(5,18)19/h11,13H,6-10H2,1-5H3. The molecule has 2 fully saturated rings. The number of piperidine rings is 1. The fraction of sp³-hybridized carbons (Fsp3) is 0.933. The molecule has 5 heteroatoms. The second-order valence-electron chi connectivity index (χ2n) is 7.68. The Labute approximate surface area is 123 Å². The lowest BCUT2D eigenvalue weighted by atomic mass is 9.91. The molecule has 0 spiro atoms. The number of hydrogen-bond donors (Lipinski definition) is 0. The summed E-state index contributed by atoms with van der Waals surface area (Å²) in [5.74, 6) is 0.641. The first kappa shape index (κ1) is 16.0. The van der Waals surface area contributed by atoms with Gasteiger partial charge in [-0.3, -0.25) is 4.79 Å². The normalized spacial score (nSPS) is 30.1. The van der Waals surface area contributed by atoms with Gasteiger partial charge in [-0.05, 0) is 29.6 Å². The molecule has 0 N–H and O–H groups in total. The van der Waals surface area contributed by atoms with Gasteiger partial charge in [0.2, 0.25) is 10.0 Å². The molecule has 1 atom stereocenters. The minimum Gasteiger partial charge on any atom is -0.299 e. The highest BCUT2D eigenvalue weighted by molar-refractivity contribution is 7.88. The summed E-state index contributed by atoms with van der Waals surface area (Å²) in [5.41, 5.74) is 0.157. The van der Waals surface area contributed by atoms with E-state index in [1.165, 1.54) is 10.6 Å². The van der Waals surface area contributed by atoms with Crippen molar-refractivity contribution in [1.82, 2.24) is 4.31 Å². The van der Waals surface area contributed by atoms with Crippen molar-refractivity contribution >= 4 is 15.8 Å². The van der Waals surface area contributed by atoms with Gasteiger partial charge in [-0.2, -0.15) is 0 Å². The third-order valence-electron chi connectivity index (χ3n) is 5.78. The molecule has 0 bridgehead atoms. The molecule has 0 amide bonds. The highest BCUT2D eigenvalue weighted by atomic mass is 32.2. The van der Waals surface area contributed by atoms with Crippen LogP contribution in [0, 0.1) is 22.7 Å². The number of hydrogen-bond acceptors (Lipinski definition) is 3. The minimum atomic E-state index is -3.12. The number of sulfonamides is 1. The van der Waals surface area contributed by atoms with Crippen LogP contribution in [-0.2, 0) is 14.8 Å². The number of rotatable bonds is 4. The molecule has 1 unspecified atom stereocenters.